The maximum atomic E-state index is 12.9. The SMILES string of the molecule is CC(=O)Nc1ccccc1[C@@H]1CC(c2ccco2)=NN1C(=O)c1ccco1. The van der Waals surface area contributed by atoms with Crippen molar-refractivity contribution >= 4 is 23.2 Å². The van der Waals surface area contributed by atoms with Gasteiger partial charge in [0.15, 0.2) is 5.76 Å². The molecule has 1 aromatic carbocycles. The van der Waals surface area contributed by atoms with Crippen molar-refractivity contribution in [2.75, 3.05) is 5.32 Å². The molecular formula is C20H17N3O4. The van der Waals surface area contributed by atoms with Gasteiger partial charge in [0.05, 0.1) is 18.6 Å². The molecule has 0 bridgehead atoms. The summed E-state index contributed by atoms with van der Waals surface area (Å²) in [7, 11) is 0. The quantitative estimate of drug-likeness (QED) is 0.763. The number of anilines is 1. The van der Waals surface area contributed by atoms with Crippen LogP contribution in [-0.2, 0) is 4.79 Å². The summed E-state index contributed by atoms with van der Waals surface area (Å²) in [5.74, 6) is 0.258. The number of nitrogens with one attached hydrogen (secondary N) is 1. The molecule has 3 heterocycles. The summed E-state index contributed by atoms with van der Waals surface area (Å²) in [6.07, 6.45) is 3.46. The van der Waals surface area contributed by atoms with E-state index in [0.717, 1.165) is 5.56 Å². The third-order valence-corrected chi connectivity index (χ3v) is 4.29. The van der Waals surface area contributed by atoms with Crippen LogP contribution in [0.15, 0.2) is 75.0 Å². The smallest absolute Gasteiger partial charge is 0.310 e. The Morgan fingerprint density at radius 1 is 1.07 bits per heavy atom. The van der Waals surface area contributed by atoms with Crippen molar-refractivity contribution in [3.63, 3.8) is 0 Å². The molecule has 1 aliphatic rings. The third kappa shape index (κ3) is 3.27. The molecule has 0 unspecified atom stereocenters. The summed E-state index contributed by atoms with van der Waals surface area (Å²) < 4.78 is 10.7. The first kappa shape index (κ1) is 16.8. The average Bonchev–Trinajstić information content (AvgIpc) is 3.41. The first-order chi connectivity index (χ1) is 13.1. The summed E-state index contributed by atoms with van der Waals surface area (Å²) >= 11 is 0. The molecule has 7 heteroatoms. The minimum atomic E-state index is -0.397. The van der Waals surface area contributed by atoms with Crippen LogP contribution in [0.5, 0.6) is 0 Å². The number of para-hydroxylation sites is 1. The molecule has 136 valence electrons. The summed E-state index contributed by atoms with van der Waals surface area (Å²) in [6, 6.07) is 13.8. The average molecular weight is 363 g/mol. The summed E-state index contributed by atoms with van der Waals surface area (Å²) in [5, 5.41) is 8.70. The largest absolute Gasteiger partial charge is 0.463 e. The zero-order valence-corrected chi connectivity index (χ0v) is 14.6. The van der Waals surface area contributed by atoms with E-state index >= 15 is 0 Å². The predicted molar refractivity (Wildman–Crippen MR) is 98.2 cm³/mol. The first-order valence-corrected chi connectivity index (χ1v) is 8.48. The Balaban J connectivity index is 1.75. The third-order valence-electron chi connectivity index (χ3n) is 4.29. The van der Waals surface area contributed by atoms with Crippen molar-refractivity contribution in [2.24, 2.45) is 5.10 Å². The number of furan rings is 2. The van der Waals surface area contributed by atoms with Crippen LogP contribution in [0.25, 0.3) is 0 Å². The van der Waals surface area contributed by atoms with Gasteiger partial charge in [-0.15, -0.1) is 0 Å². The standard InChI is InChI=1S/C20H17N3O4/c1-13(24)21-15-7-3-2-6-14(15)17-12-16(18-8-4-10-26-18)22-23(17)20(25)19-9-5-11-27-19/h2-11,17H,12H2,1H3,(H,21,24)/t17-/m0/s1. The molecule has 0 radical (unpaired) electrons. The van der Waals surface area contributed by atoms with Gasteiger partial charge >= 0.3 is 5.91 Å². The fraction of sp³-hybridized carbons (Fsp3) is 0.150. The van der Waals surface area contributed by atoms with E-state index in [2.05, 4.69) is 10.4 Å². The lowest BCUT2D eigenvalue weighted by Crippen LogP contribution is -2.27. The van der Waals surface area contributed by atoms with E-state index in [-0.39, 0.29) is 17.6 Å². The van der Waals surface area contributed by atoms with Gasteiger partial charge in [0.1, 0.15) is 11.5 Å². The number of hydrazone groups is 1. The normalized spacial score (nSPS) is 16.3. The number of carbonyl (C=O) groups excluding carboxylic acids is 2. The Hall–Kier alpha value is -3.61. The van der Waals surface area contributed by atoms with Crippen LogP contribution in [0, 0.1) is 0 Å². The molecule has 2 amide bonds. The Morgan fingerprint density at radius 3 is 2.56 bits per heavy atom. The topological polar surface area (TPSA) is 88.0 Å². The van der Waals surface area contributed by atoms with Gasteiger partial charge in [-0.3, -0.25) is 9.59 Å². The minimum absolute atomic E-state index is 0.184. The molecular weight excluding hydrogens is 346 g/mol. The second-order valence-corrected chi connectivity index (χ2v) is 6.14. The van der Waals surface area contributed by atoms with Crippen molar-refractivity contribution in [1.82, 2.24) is 5.01 Å². The van der Waals surface area contributed by atoms with Gasteiger partial charge in [0.2, 0.25) is 5.91 Å². The second kappa shape index (κ2) is 6.95. The highest BCUT2D eigenvalue weighted by molar-refractivity contribution is 6.03. The van der Waals surface area contributed by atoms with E-state index in [4.69, 9.17) is 8.83 Å². The number of nitrogens with zero attached hydrogens (tertiary/aromatic N) is 2. The van der Waals surface area contributed by atoms with Gasteiger partial charge in [-0.2, -0.15) is 5.10 Å². The van der Waals surface area contributed by atoms with Crippen molar-refractivity contribution in [2.45, 2.75) is 19.4 Å². The van der Waals surface area contributed by atoms with Crippen LogP contribution in [0.3, 0.4) is 0 Å². The Morgan fingerprint density at radius 2 is 1.85 bits per heavy atom. The number of hydrogen-bond acceptors (Lipinski definition) is 5. The highest BCUT2D eigenvalue weighted by Crippen LogP contribution is 2.37. The molecule has 1 aliphatic heterocycles. The lowest BCUT2D eigenvalue weighted by Gasteiger charge is -2.23. The Bertz CT molecular complexity index is 990. The molecule has 3 aromatic rings. The monoisotopic (exact) mass is 363 g/mol. The molecule has 2 aromatic heterocycles. The highest BCUT2D eigenvalue weighted by atomic mass is 16.3. The molecule has 0 aliphatic carbocycles. The molecule has 1 N–H and O–H groups in total. The van der Waals surface area contributed by atoms with Gasteiger partial charge in [0.25, 0.3) is 0 Å². The van der Waals surface area contributed by atoms with E-state index in [1.807, 2.05) is 18.2 Å². The lowest BCUT2D eigenvalue weighted by molar-refractivity contribution is -0.114. The number of rotatable bonds is 4. The van der Waals surface area contributed by atoms with E-state index < -0.39 is 6.04 Å². The lowest BCUT2D eigenvalue weighted by atomic mass is 9.99. The van der Waals surface area contributed by atoms with Gasteiger partial charge in [-0.05, 0) is 30.3 Å². The van der Waals surface area contributed by atoms with Crippen LogP contribution in [0.2, 0.25) is 0 Å². The van der Waals surface area contributed by atoms with Crippen molar-refractivity contribution in [3.8, 4) is 0 Å². The van der Waals surface area contributed by atoms with E-state index in [1.54, 1.807) is 36.6 Å². The van der Waals surface area contributed by atoms with Crippen LogP contribution >= 0.6 is 0 Å². The highest BCUT2D eigenvalue weighted by Gasteiger charge is 2.36. The van der Waals surface area contributed by atoms with Gasteiger partial charge in [-0.1, -0.05) is 18.2 Å². The molecule has 7 nitrogen and oxygen atoms in total. The van der Waals surface area contributed by atoms with Gasteiger partial charge in [-0.25, -0.2) is 5.01 Å². The van der Waals surface area contributed by atoms with E-state index in [0.29, 0.717) is 23.6 Å². The van der Waals surface area contributed by atoms with Crippen LogP contribution < -0.4 is 5.32 Å². The predicted octanol–water partition coefficient (Wildman–Crippen LogP) is 3.82. The molecule has 0 saturated carbocycles. The fourth-order valence-electron chi connectivity index (χ4n) is 3.14. The van der Waals surface area contributed by atoms with Crippen LogP contribution in [0.1, 0.15) is 41.3 Å². The van der Waals surface area contributed by atoms with Crippen molar-refractivity contribution in [3.05, 3.63) is 78.1 Å². The molecule has 4 rings (SSSR count). The summed E-state index contributed by atoms with van der Waals surface area (Å²) in [4.78, 5) is 24.5. The van der Waals surface area contributed by atoms with Crippen LogP contribution in [-0.4, -0.2) is 22.5 Å². The zero-order valence-electron chi connectivity index (χ0n) is 14.6. The van der Waals surface area contributed by atoms with Gasteiger partial charge in [0, 0.05) is 24.6 Å². The Labute approximate surface area is 155 Å². The fourth-order valence-corrected chi connectivity index (χ4v) is 3.14. The minimum Gasteiger partial charge on any atom is -0.463 e. The molecule has 0 saturated heterocycles. The maximum Gasteiger partial charge on any atom is 0.310 e. The van der Waals surface area contributed by atoms with Gasteiger partial charge < -0.3 is 14.2 Å². The molecule has 1 atom stereocenters. The second-order valence-electron chi connectivity index (χ2n) is 6.14. The van der Waals surface area contributed by atoms with E-state index in [9.17, 15) is 9.59 Å². The summed E-state index contributed by atoms with van der Waals surface area (Å²) in [6.45, 7) is 1.45. The zero-order chi connectivity index (χ0) is 18.8. The number of hydrogen-bond donors (Lipinski definition) is 1. The van der Waals surface area contributed by atoms with Crippen molar-refractivity contribution in [1.29, 1.82) is 0 Å². The Kier molecular flexibility index (Phi) is 4.33. The van der Waals surface area contributed by atoms with Crippen molar-refractivity contribution < 1.29 is 18.4 Å². The number of amides is 2. The van der Waals surface area contributed by atoms with Crippen LogP contribution in [0.4, 0.5) is 5.69 Å². The number of benzene rings is 1. The first-order valence-electron chi connectivity index (χ1n) is 8.48. The molecule has 0 spiro atoms. The summed E-state index contributed by atoms with van der Waals surface area (Å²) in [5.41, 5.74) is 2.09. The maximum absolute atomic E-state index is 12.9. The molecule has 0 fully saturated rings. The molecule has 27 heavy (non-hydrogen) atoms. The van der Waals surface area contributed by atoms with E-state index in [1.165, 1.54) is 18.2 Å². The number of carbonyl (C=O) groups is 2.